The van der Waals surface area contributed by atoms with Crippen molar-refractivity contribution in [3.05, 3.63) is 108 Å². The Balaban J connectivity index is 1.44. The molecule has 3 aromatic carbocycles. The van der Waals surface area contributed by atoms with Crippen LogP contribution in [0.2, 0.25) is 6.32 Å². The number of hydrogen-bond donors (Lipinski definition) is 0. The summed E-state index contributed by atoms with van der Waals surface area (Å²) in [7, 11) is -0.163. The van der Waals surface area contributed by atoms with Crippen molar-refractivity contribution in [3.63, 3.8) is 0 Å². The average Bonchev–Trinajstić information content (AvgIpc) is 3.54. The van der Waals surface area contributed by atoms with E-state index in [4.69, 9.17) is 9.31 Å². The van der Waals surface area contributed by atoms with Gasteiger partial charge in [0.05, 0.1) is 11.2 Å². The lowest BCUT2D eigenvalue weighted by Gasteiger charge is -2.34. The van der Waals surface area contributed by atoms with E-state index in [1.807, 2.05) is 0 Å². The third-order valence-electron chi connectivity index (χ3n) is 8.43. The van der Waals surface area contributed by atoms with Crippen molar-refractivity contribution in [2.45, 2.75) is 82.6 Å². The van der Waals surface area contributed by atoms with Crippen molar-refractivity contribution in [1.82, 2.24) is 4.90 Å². The summed E-state index contributed by atoms with van der Waals surface area (Å²) in [4.78, 5) is 2.72. The first-order valence-electron chi connectivity index (χ1n) is 13.0. The van der Waals surface area contributed by atoms with Crippen LogP contribution in [0, 0.1) is 0 Å². The lowest BCUT2D eigenvalue weighted by molar-refractivity contribution is 0.00578. The number of rotatable bonds is 9. The van der Waals surface area contributed by atoms with Crippen molar-refractivity contribution < 1.29 is 9.31 Å². The quantitative estimate of drug-likeness (QED) is 0.314. The van der Waals surface area contributed by atoms with Gasteiger partial charge >= 0.3 is 7.12 Å². The fourth-order valence-corrected chi connectivity index (χ4v) is 5.62. The van der Waals surface area contributed by atoms with Crippen molar-refractivity contribution in [2.24, 2.45) is 0 Å². The molecule has 1 aliphatic heterocycles. The lowest BCUT2D eigenvalue weighted by atomic mass is 9.79. The maximum atomic E-state index is 6.40. The second-order valence-electron chi connectivity index (χ2n) is 11.3. The minimum Gasteiger partial charge on any atom is -0.403 e. The van der Waals surface area contributed by atoms with E-state index in [9.17, 15) is 0 Å². The van der Waals surface area contributed by atoms with Gasteiger partial charge in [-0.3, -0.25) is 4.90 Å². The summed E-state index contributed by atoms with van der Waals surface area (Å²) >= 11 is 0. The van der Waals surface area contributed by atoms with Crippen LogP contribution in [0.25, 0.3) is 0 Å². The van der Waals surface area contributed by atoms with E-state index in [0.29, 0.717) is 5.92 Å². The largest absolute Gasteiger partial charge is 0.457 e. The molecule has 2 aliphatic rings. The molecule has 2 fully saturated rings. The van der Waals surface area contributed by atoms with E-state index in [1.54, 1.807) is 0 Å². The molecule has 0 bridgehead atoms. The smallest absolute Gasteiger partial charge is 0.403 e. The summed E-state index contributed by atoms with van der Waals surface area (Å²) in [5.41, 5.74) is 3.65. The Kier molecular flexibility index (Phi) is 6.65. The fraction of sp³-hybridized carbons (Fsp3) is 0.419. The van der Waals surface area contributed by atoms with Gasteiger partial charge in [0.2, 0.25) is 0 Å². The van der Waals surface area contributed by atoms with Gasteiger partial charge in [0.1, 0.15) is 0 Å². The van der Waals surface area contributed by atoms with E-state index < -0.39 is 0 Å². The molecule has 1 saturated carbocycles. The second kappa shape index (κ2) is 9.57. The Bertz CT molecular complexity index is 1050. The van der Waals surface area contributed by atoms with Crippen LogP contribution in [0.15, 0.2) is 91.0 Å². The van der Waals surface area contributed by atoms with Gasteiger partial charge < -0.3 is 9.31 Å². The Morgan fingerprint density at radius 2 is 1.17 bits per heavy atom. The normalized spacial score (nSPS) is 24.6. The lowest BCUT2D eigenvalue weighted by Crippen LogP contribution is -2.41. The molecular formula is C31H38BNO2. The summed E-state index contributed by atoms with van der Waals surface area (Å²) in [5.74, 6) is 0.513. The van der Waals surface area contributed by atoms with Gasteiger partial charge in [0.25, 0.3) is 0 Å². The highest BCUT2D eigenvalue weighted by atomic mass is 16.7. The molecule has 0 amide bonds. The SMILES string of the molecule is CC1(C)OB(CC[C@@]2(N(Cc3ccccc3)Cc3ccccc3)C[C@H]2c2ccccc2)OC1(C)C. The zero-order valence-electron chi connectivity index (χ0n) is 21.6. The molecule has 0 N–H and O–H groups in total. The standard InChI is InChI=1S/C31H38BNO2/c1-29(2)30(3,4)35-32(34-29)21-20-31(22-28(31)27-18-12-7-13-19-27)33(23-25-14-8-5-9-15-25)24-26-16-10-6-11-17-26/h5-19,28H,20-24H2,1-4H3/t28-,31+/m0/s1. The third kappa shape index (κ3) is 5.11. The number of benzene rings is 3. The monoisotopic (exact) mass is 467 g/mol. The molecule has 1 heterocycles. The predicted octanol–water partition coefficient (Wildman–Crippen LogP) is 7.10. The van der Waals surface area contributed by atoms with Crippen LogP contribution in [0.4, 0.5) is 0 Å². The molecule has 1 aliphatic carbocycles. The minimum atomic E-state index is -0.291. The fourth-order valence-electron chi connectivity index (χ4n) is 5.62. The number of nitrogens with zero attached hydrogens (tertiary/aromatic N) is 1. The molecule has 2 atom stereocenters. The van der Waals surface area contributed by atoms with Gasteiger partial charge in [-0.2, -0.15) is 0 Å². The third-order valence-corrected chi connectivity index (χ3v) is 8.43. The minimum absolute atomic E-state index is 0.0800. The molecule has 0 aromatic heterocycles. The van der Waals surface area contributed by atoms with Gasteiger partial charge in [-0.15, -0.1) is 0 Å². The Morgan fingerprint density at radius 3 is 1.66 bits per heavy atom. The summed E-state index contributed by atoms with van der Waals surface area (Å²) in [5, 5.41) is 0. The van der Waals surface area contributed by atoms with Crippen LogP contribution in [-0.2, 0) is 22.4 Å². The summed E-state index contributed by atoms with van der Waals surface area (Å²) in [6.45, 7) is 10.4. The maximum Gasteiger partial charge on any atom is 0.457 e. The van der Waals surface area contributed by atoms with E-state index >= 15 is 0 Å². The summed E-state index contributed by atoms with van der Waals surface area (Å²) < 4.78 is 12.8. The zero-order valence-corrected chi connectivity index (χ0v) is 21.6. The second-order valence-corrected chi connectivity index (χ2v) is 11.3. The first-order valence-corrected chi connectivity index (χ1v) is 13.0. The van der Waals surface area contributed by atoms with Crippen LogP contribution in [-0.4, -0.2) is 28.8 Å². The highest BCUT2D eigenvalue weighted by Crippen LogP contribution is 2.59. The molecular weight excluding hydrogens is 429 g/mol. The van der Waals surface area contributed by atoms with E-state index in [2.05, 4.69) is 124 Å². The highest BCUT2D eigenvalue weighted by molar-refractivity contribution is 6.45. The Labute approximate surface area is 211 Å². The van der Waals surface area contributed by atoms with Gasteiger partial charge in [0.15, 0.2) is 0 Å². The van der Waals surface area contributed by atoms with E-state index in [0.717, 1.165) is 32.3 Å². The molecule has 0 spiro atoms. The Hall–Kier alpha value is -2.40. The van der Waals surface area contributed by atoms with Crippen molar-refractivity contribution in [1.29, 1.82) is 0 Å². The van der Waals surface area contributed by atoms with Crippen molar-refractivity contribution in [3.8, 4) is 0 Å². The average molecular weight is 467 g/mol. The highest BCUT2D eigenvalue weighted by Gasteiger charge is 2.59. The van der Waals surface area contributed by atoms with Crippen LogP contribution in [0.5, 0.6) is 0 Å². The van der Waals surface area contributed by atoms with Crippen LogP contribution in [0.3, 0.4) is 0 Å². The first-order chi connectivity index (χ1) is 16.8. The van der Waals surface area contributed by atoms with Gasteiger partial charge in [-0.05, 0) is 63.5 Å². The zero-order chi connectivity index (χ0) is 24.5. The van der Waals surface area contributed by atoms with E-state index in [-0.39, 0.29) is 23.9 Å². The molecule has 0 unspecified atom stereocenters. The van der Waals surface area contributed by atoms with Gasteiger partial charge in [-0.1, -0.05) is 91.0 Å². The van der Waals surface area contributed by atoms with Crippen molar-refractivity contribution in [2.75, 3.05) is 0 Å². The van der Waals surface area contributed by atoms with Gasteiger partial charge in [0, 0.05) is 24.5 Å². The predicted molar refractivity (Wildman–Crippen MR) is 144 cm³/mol. The molecule has 1 saturated heterocycles. The topological polar surface area (TPSA) is 21.7 Å². The molecule has 4 heteroatoms. The summed E-state index contributed by atoms with van der Waals surface area (Å²) in [6, 6.07) is 32.8. The molecule has 182 valence electrons. The molecule has 3 nitrogen and oxygen atoms in total. The molecule has 5 rings (SSSR count). The summed E-state index contributed by atoms with van der Waals surface area (Å²) in [6.07, 6.45) is 3.11. The first kappa shape index (κ1) is 24.3. The molecule has 35 heavy (non-hydrogen) atoms. The van der Waals surface area contributed by atoms with Crippen LogP contribution >= 0.6 is 0 Å². The van der Waals surface area contributed by atoms with Crippen LogP contribution < -0.4 is 0 Å². The molecule has 3 aromatic rings. The van der Waals surface area contributed by atoms with Gasteiger partial charge in [-0.25, -0.2) is 0 Å². The van der Waals surface area contributed by atoms with E-state index in [1.165, 1.54) is 16.7 Å². The number of hydrogen-bond acceptors (Lipinski definition) is 3. The molecule has 0 radical (unpaired) electrons. The maximum absolute atomic E-state index is 6.40. The Morgan fingerprint density at radius 1 is 0.714 bits per heavy atom. The van der Waals surface area contributed by atoms with Crippen LogP contribution in [0.1, 0.15) is 63.1 Å². The van der Waals surface area contributed by atoms with Crippen molar-refractivity contribution >= 4 is 7.12 Å².